The smallest absolute Gasteiger partial charge is 0.224 e. The number of hydrogen-bond donors (Lipinski definition) is 1. The Morgan fingerprint density at radius 1 is 1.36 bits per heavy atom. The first-order chi connectivity index (χ1) is 6.74. The van der Waals surface area contributed by atoms with E-state index < -0.39 is 0 Å². The first-order valence-electron chi connectivity index (χ1n) is 4.78. The molecule has 1 aliphatic rings. The normalized spacial score (nSPS) is 15.2. The summed E-state index contributed by atoms with van der Waals surface area (Å²) in [6, 6.07) is 8.54. The van der Waals surface area contributed by atoms with Crippen LogP contribution in [-0.4, -0.2) is 11.9 Å². The van der Waals surface area contributed by atoms with Crippen LogP contribution in [0.1, 0.15) is 18.4 Å². The maximum atomic E-state index is 11.4. The van der Waals surface area contributed by atoms with Gasteiger partial charge in [-0.2, -0.15) is 0 Å². The van der Waals surface area contributed by atoms with Gasteiger partial charge in [-0.05, 0) is 53.1 Å². The molecule has 1 fully saturated rings. The maximum absolute atomic E-state index is 11.4. The number of carbonyl (C=O) groups excluding carboxylic acids is 1. The molecule has 0 spiro atoms. The Kier molecular flexibility index (Phi) is 3.05. The second-order valence-corrected chi connectivity index (χ2v) is 4.89. The quantitative estimate of drug-likeness (QED) is 0.851. The molecule has 0 unspecified atom stereocenters. The van der Waals surface area contributed by atoms with Gasteiger partial charge in [-0.25, -0.2) is 0 Å². The fraction of sp³-hybridized carbons (Fsp3) is 0.364. The molecule has 2 nitrogen and oxygen atoms in total. The van der Waals surface area contributed by atoms with E-state index in [0.29, 0.717) is 12.5 Å². The molecule has 0 radical (unpaired) electrons. The summed E-state index contributed by atoms with van der Waals surface area (Å²) >= 11 is 2.26. The zero-order valence-electron chi connectivity index (χ0n) is 7.79. The third-order valence-electron chi connectivity index (χ3n) is 2.22. The van der Waals surface area contributed by atoms with Gasteiger partial charge in [-0.3, -0.25) is 4.79 Å². The highest BCUT2D eigenvalue weighted by Gasteiger charge is 2.22. The first-order valence-corrected chi connectivity index (χ1v) is 5.86. The fourth-order valence-electron chi connectivity index (χ4n) is 1.29. The van der Waals surface area contributed by atoms with Crippen LogP contribution in [-0.2, 0) is 11.2 Å². The molecule has 1 amide bonds. The molecule has 1 aromatic rings. The molecule has 0 bridgehead atoms. The van der Waals surface area contributed by atoms with Crippen LogP contribution in [0.15, 0.2) is 24.3 Å². The zero-order valence-corrected chi connectivity index (χ0v) is 9.95. The average Bonchev–Trinajstić information content (AvgIpc) is 2.93. The van der Waals surface area contributed by atoms with Crippen molar-refractivity contribution < 1.29 is 4.79 Å². The van der Waals surface area contributed by atoms with Gasteiger partial charge < -0.3 is 5.32 Å². The minimum absolute atomic E-state index is 0.147. The lowest BCUT2D eigenvalue weighted by Crippen LogP contribution is -2.26. The van der Waals surface area contributed by atoms with E-state index in [0.717, 1.165) is 18.4 Å². The largest absolute Gasteiger partial charge is 0.353 e. The predicted octanol–water partition coefficient (Wildman–Crippen LogP) is 2.11. The summed E-state index contributed by atoms with van der Waals surface area (Å²) in [4.78, 5) is 11.4. The van der Waals surface area contributed by atoms with E-state index in [1.54, 1.807) is 0 Å². The van der Waals surface area contributed by atoms with Gasteiger partial charge in [0, 0.05) is 9.61 Å². The van der Waals surface area contributed by atoms with Crippen LogP contribution >= 0.6 is 22.6 Å². The SMILES string of the molecule is O=C(Cc1ccc(I)cc1)NC1CC1. The topological polar surface area (TPSA) is 29.1 Å². The molecular formula is C11H12INO. The lowest BCUT2D eigenvalue weighted by atomic mass is 10.1. The molecule has 2 rings (SSSR count). The van der Waals surface area contributed by atoms with Crippen molar-refractivity contribution >= 4 is 28.5 Å². The van der Waals surface area contributed by atoms with E-state index in [-0.39, 0.29) is 5.91 Å². The lowest BCUT2D eigenvalue weighted by Gasteiger charge is -2.03. The van der Waals surface area contributed by atoms with Crippen LogP contribution in [0.4, 0.5) is 0 Å². The van der Waals surface area contributed by atoms with Gasteiger partial charge in [-0.15, -0.1) is 0 Å². The van der Waals surface area contributed by atoms with Gasteiger partial charge in [0.2, 0.25) is 5.91 Å². The van der Waals surface area contributed by atoms with E-state index in [4.69, 9.17) is 0 Å². The van der Waals surface area contributed by atoms with Crippen molar-refractivity contribution in [1.29, 1.82) is 0 Å². The van der Waals surface area contributed by atoms with E-state index >= 15 is 0 Å². The van der Waals surface area contributed by atoms with Gasteiger partial charge in [0.25, 0.3) is 0 Å². The van der Waals surface area contributed by atoms with E-state index in [1.165, 1.54) is 3.57 Å². The Morgan fingerprint density at radius 2 is 2.00 bits per heavy atom. The minimum atomic E-state index is 0.147. The Bertz CT molecular complexity index is 330. The summed E-state index contributed by atoms with van der Waals surface area (Å²) in [6.45, 7) is 0. The Hall–Kier alpha value is -0.580. The van der Waals surface area contributed by atoms with Crippen molar-refractivity contribution in [3.8, 4) is 0 Å². The molecule has 0 aromatic heterocycles. The molecule has 0 heterocycles. The molecule has 1 saturated carbocycles. The Balaban J connectivity index is 1.89. The van der Waals surface area contributed by atoms with Gasteiger partial charge in [0.15, 0.2) is 0 Å². The lowest BCUT2D eigenvalue weighted by molar-refractivity contribution is -0.120. The number of carbonyl (C=O) groups is 1. The van der Waals surface area contributed by atoms with Gasteiger partial charge in [-0.1, -0.05) is 12.1 Å². The predicted molar refractivity (Wildman–Crippen MR) is 64.0 cm³/mol. The van der Waals surface area contributed by atoms with Crippen LogP contribution in [0.5, 0.6) is 0 Å². The van der Waals surface area contributed by atoms with Crippen LogP contribution in [0.2, 0.25) is 0 Å². The molecule has 1 aliphatic carbocycles. The highest BCUT2D eigenvalue weighted by Crippen LogP contribution is 2.18. The third kappa shape index (κ3) is 2.97. The van der Waals surface area contributed by atoms with E-state index in [9.17, 15) is 4.79 Å². The number of hydrogen-bond acceptors (Lipinski definition) is 1. The molecule has 3 heteroatoms. The Morgan fingerprint density at radius 3 is 2.57 bits per heavy atom. The highest BCUT2D eigenvalue weighted by molar-refractivity contribution is 14.1. The molecular weight excluding hydrogens is 289 g/mol. The van der Waals surface area contributed by atoms with Gasteiger partial charge in [0.1, 0.15) is 0 Å². The van der Waals surface area contributed by atoms with Crippen molar-refractivity contribution in [1.82, 2.24) is 5.32 Å². The van der Waals surface area contributed by atoms with Crippen molar-refractivity contribution in [2.24, 2.45) is 0 Å². The molecule has 1 N–H and O–H groups in total. The number of amides is 1. The average molecular weight is 301 g/mol. The van der Waals surface area contributed by atoms with Crippen LogP contribution in [0.25, 0.3) is 0 Å². The summed E-state index contributed by atoms with van der Waals surface area (Å²) in [5.41, 5.74) is 1.09. The highest BCUT2D eigenvalue weighted by atomic mass is 127. The van der Waals surface area contributed by atoms with Crippen molar-refractivity contribution in [2.75, 3.05) is 0 Å². The van der Waals surface area contributed by atoms with Crippen molar-refractivity contribution in [3.63, 3.8) is 0 Å². The van der Waals surface area contributed by atoms with Crippen LogP contribution < -0.4 is 5.32 Å². The summed E-state index contributed by atoms with van der Waals surface area (Å²) in [6.07, 6.45) is 2.81. The third-order valence-corrected chi connectivity index (χ3v) is 2.94. The first kappa shape index (κ1) is 9.96. The number of nitrogens with one attached hydrogen (secondary N) is 1. The fourth-order valence-corrected chi connectivity index (χ4v) is 1.65. The summed E-state index contributed by atoms with van der Waals surface area (Å²) < 4.78 is 1.20. The second kappa shape index (κ2) is 4.29. The minimum Gasteiger partial charge on any atom is -0.353 e. The van der Waals surface area contributed by atoms with E-state index in [2.05, 4.69) is 27.9 Å². The van der Waals surface area contributed by atoms with Crippen LogP contribution in [0.3, 0.4) is 0 Å². The monoisotopic (exact) mass is 301 g/mol. The van der Waals surface area contributed by atoms with Gasteiger partial charge >= 0.3 is 0 Å². The Labute approximate surface area is 97.2 Å². The van der Waals surface area contributed by atoms with Gasteiger partial charge in [0.05, 0.1) is 6.42 Å². The number of benzene rings is 1. The molecule has 0 saturated heterocycles. The van der Waals surface area contributed by atoms with E-state index in [1.807, 2.05) is 24.3 Å². The zero-order chi connectivity index (χ0) is 9.97. The summed E-state index contributed by atoms with van der Waals surface area (Å²) in [5.74, 6) is 0.147. The van der Waals surface area contributed by atoms with Crippen LogP contribution in [0, 0.1) is 3.57 Å². The van der Waals surface area contributed by atoms with Crippen molar-refractivity contribution in [3.05, 3.63) is 33.4 Å². The number of rotatable bonds is 3. The molecule has 0 aliphatic heterocycles. The molecule has 74 valence electrons. The standard InChI is InChI=1S/C11H12INO/c12-9-3-1-8(2-4-9)7-11(14)13-10-5-6-10/h1-4,10H,5-7H2,(H,13,14). The number of halogens is 1. The molecule has 0 atom stereocenters. The maximum Gasteiger partial charge on any atom is 0.224 e. The molecule has 1 aromatic carbocycles. The molecule has 14 heavy (non-hydrogen) atoms. The summed E-state index contributed by atoms with van der Waals surface area (Å²) in [5, 5.41) is 2.98. The summed E-state index contributed by atoms with van der Waals surface area (Å²) in [7, 11) is 0. The second-order valence-electron chi connectivity index (χ2n) is 3.65. The van der Waals surface area contributed by atoms with Crippen molar-refractivity contribution in [2.45, 2.75) is 25.3 Å².